The number of hydrogen-bond acceptors (Lipinski definition) is 5. The largest absolute Gasteiger partial charge is 0.479 e. The SMILES string of the molecule is O=C(O)C(O)C(O)(Nc1ccccc1Br)C(=O)O. The molecule has 2 unspecified atom stereocenters. The molecule has 0 spiro atoms. The fourth-order valence-corrected chi connectivity index (χ4v) is 1.57. The van der Waals surface area contributed by atoms with Crippen LogP contribution in [-0.2, 0) is 9.59 Å². The minimum Gasteiger partial charge on any atom is -0.479 e. The average molecular weight is 320 g/mol. The number of halogens is 1. The summed E-state index contributed by atoms with van der Waals surface area (Å²) in [5.74, 6) is -3.77. The highest BCUT2D eigenvalue weighted by atomic mass is 79.9. The molecule has 0 aromatic heterocycles. The normalized spacial score (nSPS) is 15.5. The topological polar surface area (TPSA) is 127 Å². The highest BCUT2D eigenvalue weighted by Crippen LogP contribution is 2.25. The standard InChI is InChI=1S/C10H10BrNO6/c11-5-3-1-2-4-6(5)12-10(18,9(16)17)7(13)8(14)15/h1-4,7,12-13,18H,(H,14,15)(H,16,17). The Kier molecular flexibility index (Phi) is 4.28. The van der Waals surface area contributed by atoms with Gasteiger partial charge in [0, 0.05) is 4.47 Å². The monoisotopic (exact) mass is 319 g/mol. The third-order valence-corrected chi connectivity index (χ3v) is 2.85. The number of carbonyl (C=O) groups is 2. The summed E-state index contributed by atoms with van der Waals surface area (Å²) in [6, 6.07) is 6.15. The Bertz CT molecular complexity index is 479. The van der Waals surface area contributed by atoms with Gasteiger partial charge in [0.05, 0.1) is 5.69 Å². The van der Waals surface area contributed by atoms with Gasteiger partial charge in [0.1, 0.15) is 0 Å². The molecule has 0 bridgehead atoms. The molecule has 0 amide bonds. The maximum atomic E-state index is 10.9. The molecule has 0 heterocycles. The molecule has 1 rings (SSSR count). The maximum Gasteiger partial charge on any atom is 0.360 e. The number of rotatable bonds is 5. The second-order valence-corrected chi connectivity index (χ2v) is 4.27. The summed E-state index contributed by atoms with van der Waals surface area (Å²) in [7, 11) is 0. The zero-order valence-electron chi connectivity index (χ0n) is 8.87. The van der Waals surface area contributed by atoms with Crippen molar-refractivity contribution in [1.82, 2.24) is 0 Å². The molecule has 18 heavy (non-hydrogen) atoms. The zero-order valence-corrected chi connectivity index (χ0v) is 10.5. The van der Waals surface area contributed by atoms with Gasteiger partial charge < -0.3 is 25.7 Å². The van der Waals surface area contributed by atoms with E-state index < -0.39 is 23.8 Å². The van der Waals surface area contributed by atoms with E-state index in [0.29, 0.717) is 4.47 Å². The first kappa shape index (κ1) is 14.4. The van der Waals surface area contributed by atoms with Crippen molar-refractivity contribution in [3.63, 3.8) is 0 Å². The molecular weight excluding hydrogens is 310 g/mol. The van der Waals surface area contributed by atoms with Gasteiger partial charge in [-0.25, -0.2) is 9.59 Å². The van der Waals surface area contributed by atoms with Gasteiger partial charge in [-0.05, 0) is 28.1 Å². The molecule has 0 aliphatic rings. The van der Waals surface area contributed by atoms with Crippen LogP contribution < -0.4 is 5.32 Å². The van der Waals surface area contributed by atoms with Gasteiger partial charge in [0.15, 0.2) is 0 Å². The van der Waals surface area contributed by atoms with Crippen LogP contribution in [0.15, 0.2) is 28.7 Å². The van der Waals surface area contributed by atoms with Gasteiger partial charge in [-0.15, -0.1) is 0 Å². The van der Waals surface area contributed by atoms with Gasteiger partial charge in [0.2, 0.25) is 6.10 Å². The lowest BCUT2D eigenvalue weighted by Crippen LogP contribution is -2.58. The molecule has 98 valence electrons. The Hall–Kier alpha value is -1.64. The number of hydrogen-bond donors (Lipinski definition) is 5. The number of benzene rings is 1. The molecule has 0 aliphatic carbocycles. The van der Waals surface area contributed by atoms with Gasteiger partial charge >= 0.3 is 11.9 Å². The Morgan fingerprint density at radius 3 is 2.28 bits per heavy atom. The molecule has 0 saturated heterocycles. The van der Waals surface area contributed by atoms with Gasteiger partial charge in [-0.2, -0.15) is 0 Å². The van der Waals surface area contributed by atoms with E-state index in [-0.39, 0.29) is 5.69 Å². The lowest BCUT2D eigenvalue weighted by molar-refractivity contribution is -0.178. The van der Waals surface area contributed by atoms with Crippen molar-refractivity contribution in [3.8, 4) is 0 Å². The second-order valence-electron chi connectivity index (χ2n) is 3.42. The Balaban J connectivity index is 3.12. The number of anilines is 1. The van der Waals surface area contributed by atoms with Crippen molar-refractivity contribution in [2.24, 2.45) is 0 Å². The summed E-state index contributed by atoms with van der Waals surface area (Å²) < 4.78 is 0.405. The first-order valence-corrected chi connectivity index (χ1v) is 5.47. The van der Waals surface area contributed by atoms with Crippen molar-refractivity contribution < 1.29 is 30.0 Å². The molecule has 1 aromatic rings. The molecule has 0 saturated carbocycles. The molecule has 7 nitrogen and oxygen atoms in total. The quantitative estimate of drug-likeness (QED) is 0.486. The Labute approximate surface area is 110 Å². The van der Waals surface area contributed by atoms with Crippen LogP contribution in [0, 0.1) is 0 Å². The average Bonchev–Trinajstić information content (AvgIpc) is 2.30. The van der Waals surface area contributed by atoms with Gasteiger partial charge in [-0.1, -0.05) is 12.1 Å². The summed E-state index contributed by atoms with van der Waals surface area (Å²) >= 11 is 3.09. The minimum absolute atomic E-state index is 0.128. The third-order valence-electron chi connectivity index (χ3n) is 2.15. The number of aliphatic hydroxyl groups is 2. The number of carboxylic acid groups (broad SMARTS) is 2. The molecule has 0 radical (unpaired) electrons. The van der Waals surface area contributed by atoms with Gasteiger partial charge in [-0.3, -0.25) is 0 Å². The van der Waals surface area contributed by atoms with Crippen LogP contribution >= 0.6 is 15.9 Å². The molecule has 0 fully saturated rings. The van der Waals surface area contributed by atoms with Crippen molar-refractivity contribution in [3.05, 3.63) is 28.7 Å². The second kappa shape index (κ2) is 5.34. The summed E-state index contributed by atoms with van der Waals surface area (Å²) in [4.78, 5) is 21.5. The minimum atomic E-state index is -3.03. The van der Waals surface area contributed by atoms with E-state index in [1.54, 1.807) is 18.2 Å². The third kappa shape index (κ3) is 2.78. The predicted molar refractivity (Wildman–Crippen MR) is 64.0 cm³/mol. The maximum absolute atomic E-state index is 10.9. The van der Waals surface area contributed by atoms with E-state index in [0.717, 1.165) is 0 Å². The fraction of sp³-hybridized carbons (Fsp3) is 0.200. The smallest absolute Gasteiger partial charge is 0.360 e. The number of carboxylic acids is 2. The van der Waals surface area contributed by atoms with E-state index in [1.165, 1.54) is 6.07 Å². The lowest BCUT2D eigenvalue weighted by Gasteiger charge is -2.28. The van der Waals surface area contributed by atoms with Crippen LogP contribution in [0.25, 0.3) is 0 Å². The summed E-state index contributed by atoms with van der Waals surface area (Å²) in [6.45, 7) is 0. The highest BCUT2D eigenvalue weighted by Gasteiger charge is 2.48. The molecule has 1 aromatic carbocycles. The van der Waals surface area contributed by atoms with E-state index in [2.05, 4.69) is 21.2 Å². The van der Waals surface area contributed by atoms with E-state index >= 15 is 0 Å². The predicted octanol–water partition coefficient (Wildman–Crippen LogP) is 0.0797. The lowest BCUT2D eigenvalue weighted by atomic mass is 10.1. The first-order chi connectivity index (χ1) is 8.29. The van der Waals surface area contributed by atoms with E-state index in [9.17, 15) is 19.8 Å². The van der Waals surface area contributed by atoms with Crippen molar-refractivity contribution in [2.75, 3.05) is 5.32 Å². The molecule has 8 heteroatoms. The van der Waals surface area contributed by atoms with Gasteiger partial charge in [0.25, 0.3) is 5.72 Å². The van der Waals surface area contributed by atoms with E-state index in [4.69, 9.17) is 10.2 Å². The Morgan fingerprint density at radius 1 is 1.28 bits per heavy atom. The highest BCUT2D eigenvalue weighted by molar-refractivity contribution is 9.10. The van der Waals surface area contributed by atoms with Crippen LogP contribution in [-0.4, -0.2) is 44.2 Å². The molecule has 2 atom stereocenters. The number of aliphatic hydroxyl groups excluding tert-OH is 1. The van der Waals surface area contributed by atoms with Crippen LogP contribution in [0.3, 0.4) is 0 Å². The van der Waals surface area contributed by atoms with Crippen molar-refractivity contribution in [1.29, 1.82) is 0 Å². The number of aliphatic carboxylic acids is 2. The van der Waals surface area contributed by atoms with Crippen LogP contribution in [0.2, 0.25) is 0 Å². The molecular formula is C10H10BrNO6. The molecule has 5 N–H and O–H groups in total. The number of para-hydroxylation sites is 1. The summed E-state index contributed by atoms with van der Waals surface area (Å²) in [5.41, 5.74) is -2.90. The zero-order chi connectivity index (χ0) is 13.9. The first-order valence-electron chi connectivity index (χ1n) is 4.68. The number of nitrogens with one attached hydrogen (secondary N) is 1. The fourth-order valence-electron chi connectivity index (χ4n) is 1.19. The summed E-state index contributed by atoms with van der Waals surface area (Å²) in [5, 5.41) is 38.5. The van der Waals surface area contributed by atoms with Crippen molar-refractivity contribution in [2.45, 2.75) is 11.8 Å². The van der Waals surface area contributed by atoms with Crippen LogP contribution in [0.4, 0.5) is 5.69 Å². The molecule has 0 aliphatic heterocycles. The van der Waals surface area contributed by atoms with Crippen molar-refractivity contribution >= 4 is 33.6 Å². The van der Waals surface area contributed by atoms with Crippen LogP contribution in [0.5, 0.6) is 0 Å². The van der Waals surface area contributed by atoms with E-state index in [1.807, 2.05) is 0 Å². The summed E-state index contributed by atoms with van der Waals surface area (Å²) in [6.07, 6.45) is -2.53. The van der Waals surface area contributed by atoms with Crippen LogP contribution in [0.1, 0.15) is 0 Å². The Morgan fingerprint density at radius 2 is 1.83 bits per heavy atom.